The molecule has 0 bridgehead atoms. The Balaban J connectivity index is 1.59. The smallest absolute Gasteiger partial charge is 0.220 e. The number of nitrogens with zero attached hydrogens (tertiary/aromatic N) is 2. The minimum absolute atomic E-state index is 0.0419. The predicted molar refractivity (Wildman–Crippen MR) is 92.2 cm³/mol. The molecule has 23 heavy (non-hydrogen) atoms. The van der Waals surface area contributed by atoms with Gasteiger partial charge < -0.3 is 14.6 Å². The Hall–Kier alpha value is -1.79. The Morgan fingerprint density at radius 2 is 2.13 bits per heavy atom. The van der Waals surface area contributed by atoms with Crippen LogP contribution in [0.2, 0.25) is 0 Å². The summed E-state index contributed by atoms with van der Waals surface area (Å²) in [7, 11) is 1.96. The van der Waals surface area contributed by atoms with Gasteiger partial charge >= 0.3 is 0 Å². The van der Waals surface area contributed by atoms with Gasteiger partial charge in [0.2, 0.25) is 5.91 Å². The van der Waals surface area contributed by atoms with Crippen LogP contribution in [0.5, 0.6) is 0 Å². The molecule has 0 fully saturated rings. The average molecular weight is 333 g/mol. The lowest BCUT2D eigenvalue weighted by Gasteiger charge is -2.07. The summed E-state index contributed by atoms with van der Waals surface area (Å²) in [6.45, 7) is 1.69. The summed E-state index contributed by atoms with van der Waals surface area (Å²) in [6.07, 6.45) is 4.98. The van der Waals surface area contributed by atoms with Crippen LogP contribution >= 0.6 is 11.8 Å². The molecule has 5 nitrogen and oxygen atoms in total. The van der Waals surface area contributed by atoms with Crippen molar-refractivity contribution in [2.24, 2.45) is 7.05 Å². The molecule has 0 aliphatic heterocycles. The van der Waals surface area contributed by atoms with Crippen molar-refractivity contribution in [3.63, 3.8) is 0 Å². The second kappa shape index (κ2) is 9.37. The van der Waals surface area contributed by atoms with Crippen molar-refractivity contribution in [1.29, 1.82) is 0 Å². The first-order chi connectivity index (χ1) is 11.2. The maximum absolute atomic E-state index is 11.8. The molecule has 6 heteroatoms. The molecule has 1 aromatic carbocycles. The van der Waals surface area contributed by atoms with Crippen molar-refractivity contribution >= 4 is 17.7 Å². The summed E-state index contributed by atoms with van der Waals surface area (Å²) in [6, 6.07) is 10.0. The van der Waals surface area contributed by atoms with Gasteiger partial charge in [-0.15, -0.1) is 0 Å². The molecule has 0 atom stereocenters. The molecule has 1 aromatic heterocycles. The normalized spacial score (nSPS) is 10.7. The Morgan fingerprint density at radius 3 is 2.83 bits per heavy atom. The summed E-state index contributed by atoms with van der Waals surface area (Å²) in [5, 5.41) is 3.87. The van der Waals surface area contributed by atoms with Crippen LogP contribution in [0.4, 0.5) is 0 Å². The van der Waals surface area contributed by atoms with Crippen molar-refractivity contribution < 1.29 is 9.53 Å². The van der Waals surface area contributed by atoms with Crippen LogP contribution in [0.25, 0.3) is 0 Å². The lowest BCUT2D eigenvalue weighted by molar-refractivity contribution is -0.121. The highest BCUT2D eigenvalue weighted by Gasteiger charge is 2.07. The number of nitrogens with one attached hydrogen (secondary N) is 1. The number of carbonyl (C=O) groups excluding carboxylic acids is 1. The number of imidazole rings is 1. The third kappa shape index (κ3) is 5.73. The van der Waals surface area contributed by atoms with Crippen LogP contribution in [0.15, 0.2) is 41.7 Å². The molecule has 0 radical (unpaired) electrons. The van der Waals surface area contributed by atoms with Crippen LogP contribution in [-0.4, -0.2) is 28.3 Å². The Labute approximate surface area is 141 Å². The number of ether oxygens (including phenoxy) is 1. The largest absolute Gasteiger partial charge is 0.377 e. The van der Waals surface area contributed by atoms with Gasteiger partial charge in [-0.1, -0.05) is 42.1 Å². The molecular weight excluding hydrogens is 310 g/mol. The predicted octanol–water partition coefficient (Wildman–Crippen LogP) is 2.76. The zero-order valence-electron chi connectivity index (χ0n) is 13.6. The number of rotatable bonds is 9. The number of aromatic nitrogens is 2. The fraction of sp³-hybridized carbons (Fsp3) is 0.412. The van der Waals surface area contributed by atoms with Crippen molar-refractivity contribution in [2.75, 3.05) is 12.9 Å². The second-order valence-electron chi connectivity index (χ2n) is 5.21. The fourth-order valence-corrected chi connectivity index (χ4v) is 2.71. The van der Waals surface area contributed by atoms with Crippen LogP contribution in [-0.2, 0) is 29.7 Å². The van der Waals surface area contributed by atoms with Crippen molar-refractivity contribution in [3.8, 4) is 0 Å². The number of hydrogen-bond donors (Lipinski definition) is 1. The number of carbonyl (C=O) groups is 1. The zero-order valence-corrected chi connectivity index (χ0v) is 14.4. The maximum Gasteiger partial charge on any atom is 0.220 e. The molecule has 2 rings (SSSR count). The molecule has 0 spiro atoms. The molecule has 0 aliphatic rings. The molecule has 0 unspecified atom stereocenters. The lowest BCUT2D eigenvalue weighted by Crippen LogP contribution is -2.24. The van der Waals surface area contributed by atoms with Gasteiger partial charge in [-0.3, -0.25) is 4.79 Å². The van der Waals surface area contributed by atoms with E-state index in [1.165, 1.54) is 0 Å². The van der Waals surface area contributed by atoms with E-state index in [2.05, 4.69) is 10.3 Å². The topological polar surface area (TPSA) is 56.1 Å². The van der Waals surface area contributed by atoms with E-state index in [1.807, 2.05) is 48.2 Å². The number of benzene rings is 1. The third-order valence-electron chi connectivity index (χ3n) is 3.50. The van der Waals surface area contributed by atoms with E-state index < -0.39 is 0 Å². The van der Waals surface area contributed by atoms with Crippen LogP contribution in [0, 0.1) is 0 Å². The van der Waals surface area contributed by atoms with Gasteiger partial charge in [0.25, 0.3) is 0 Å². The first-order valence-electron chi connectivity index (χ1n) is 7.63. The zero-order chi connectivity index (χ0) is 16.5. The van der Waals surface area contributed by atoms with Gasteiger partial charge in [0.1, 0.15) is 0 Å². The number of amides is 1. The quantitative estimate of drug-likeness (QED) is 0.566. The second-order valence-corrected chi connectivity index (χ2v) is 5.99. The molecule has 2 aromatic rings. The molecule has 1 heterocycles. The standard InChI is InChI=1S/C17H23N3O2S/c1-20-15(12-19-17(20)23-2)11-18-16(21)9-6-10-22-13-14-7-4-3-5-8-14/h3-5,7-8,12H,6,9-11,13H2,1-2H3,(H,18,21). The van der Waals surface area contributed by atoms with Gasteiger partial charge in [-0.05, 0) is 18.2 Å². The van der Waals surface area contributed by atoms with Crippen LogP contribution in [0.1, 0.15) is 24.1 Å². The van der Waals surface area contributed by atoms with E-state index in [0.29, 0.717) is 26.2 Å². The average Bonchev–Trinajstić information content (AvgIpc) is 2.93. The van der Waals surface area contributed by atoms with Gasteiger partial charge in [-0.25, -0.2) is 4.98 Å². The number of hydrogen-bond acceptors (Lipinski definition) is 4. The van der Waals surface area contributed by atoms with Crippen molar-refractivity contribution in [3.05, 3.63) is 47.8 Å². The first-order valence-corrected chi connectivity index (χ1v) is 8.86. The highest BCUT2D eigenvalue weighted by atomic mass is 32.2. The molecule has 0 saturated carbocycles. The molecule has 1 amide bonds. The van der Waals surface area contributed by atoms with Gasteiger partial charge in [-0.2, -0.15) is 0 Å². The maximum atomic E-state index is 11.8. The Kier molecular flexibility index (Phi) is 7.16. The SMILES string of the molecule is CSc1ncc(CNC(=O)CCCOCc2ccccc2)n1C. The molecular formula is C17H23N3O2S. The van der Waals surface area contributed by atoms with Gasteiger partial charge in [0.15, 0.2) is 5.16 Å². The van der Waals surface area contributed by atoms with E-state index in [4.69, 9.17) is 4.74 Å². The summed E-state index contributed by atoms with van der Waals surface area (Å²) in [5.74, 6) is 0.0419. The van der Waals surface area contributed by atoms with E-state index in [1.54, 1.807) is 18.0 Å². The van der Waals surface area contributed by atoms with Crippen LogP contribution < -0.4 is 5.32 Å². The van der Waals surface area contributed by atoms with E-state index in [9.17, 15) is 4.79 Å². The summed E-state index contributed by atoms with van der Waals surface area (Å²) in [5.41, 5.74) is 2.15. The highest BCUT2D eigenvalue weighted by molar-refractivity contribution is 7.98. The van der Waals surface area contributed by atoms with E-state index in [-0.39, 0.29) is 5.91 Å². The van der Waals surface area contributed by atoms with Crippen molar-refractivity contribution in [1.82, 2.24) is 14.9 Å². The Bertz CT molecular complexity index is 614. The highest BCUT2D eigenvalue weighted by Crippen LogP contribution is 2.13. The first kappa shape index (κ1) is 17.6. The minimum atomic E-state index is 0.0419. The number of thioether (sulfide) groups is 1. The van der Waals surface area contributed by atoms with E-state index in [0.717, 1.165) is 22.8 Å². The van der Waals surface area contributed by atoms with Gasteiger partial charge in [0, 0.05) is 20.1 Å². The lowest BCUT2D eigenvalue weighted by atomic mass is 10.2. The fourth-order valence-electron chi connectivity index (χ4n) is 2.16. The molecule has 0 aliphatic carbocycles. The summed E-state index contributed by atoms with van der Waals surface area (Å²) >= 11 is 1.59. The van der Waals surface area contributed by atoms with E-state index >= 15 is 0 Å². The summed E-state index contributed by atoms with van der Waals surface area (Å²) < 4.78 is 7.57. The van der Waals surface area contributed by atoms with Crippen LogP contribution in [0.3, 0.4) is 0 Å². The summed E-state index contributed by atoms with van der Waals surface area (Å²) in [4.78, 5) is 16.1. The third-order valence-corrected chi connectivity index (χ3v) is 4.24. The van der Waals surface area contributed by atoms with Gasteiger partial charge in [0.05, 0.1) is 25.0 Å². The van der Waals surface area contributed by atoms with Crippen molar-refractivity contribution in [2.45, 2.75) is 31.1 Å². The minimum Gasteiger partial charge on any atom is -0.377 e. The molecule has 0 saturated heterocycles. The Morgan fingerprint density at radius 1 is 1.35 bits per heavy atom. The molecule has 1 N–H and O–H groups in total. The monoisotopic (exact) mass is 333 g/mol. The molecule has 124 valence electrons.